The van der Waals surface area contributed by atoms with Crippen LogP contribution in [0.5, 0.6) is 0 Å². The normalized spacial score (nSPS) is 19.9. The van der Waals surface area contributed by atoms with Gasteiger partial charge in [0.25, 0.3) is 0 Å². The van der Waals surface area contributed by atoms with Gasteiger partial charge in [-0.25, -0.2) is 4.79 Å². The van der Waals surface area contributed by atoms with Crippen molar-refractivity contribution in [2.75, 3.05) is 44.7 Å². The molecule has 1 amide bonds. The summed E-state index contributed by atoms with van der Waals surface area (Å²) in [6, 6.07) is 16.8. The maximum Gasteiger partial charge on any atom is 0.410 e. The molecule has 2 aliphatic rings. The van der Waals surface area contributed by atoms with Gasteiger partial charge < -0.3 is 19.4 Å². The number of ether oxygens (including phenoxy) is 1. The van der Waals surface area contributed by atoms with Crippen molar-refractivity contribution >= 4 is 11.8 Å². The zero-order chi connectivity index (χ0) is 20.9. The number of benzene rings is 2. The van der Waals surface area contributed by atoms with Crippen molar-refractivity contribution in [3.63, 3.8) is 0 Å². The van der Waals surface area contributed by atoms with Gasteiger partial charge in [0.2, 0.25) is 0 Å². The average molecular weight is 408 g/mol. The summed E-state index contributed by atoms with van der Waals surface area (Å²) < 4.78 is 5.70. The Kier molecular flexibility index (Phi) is 6.58. The first kappa shape index (κ1) is 20.7. The van der Waals surface area contributed by atoms with E-state index < -0.39 is 0 Å². The molecule has 0 bridgehead atoms. The Morgan fingerprint density at radius 2 is 1.80 bits per heavy atom. The quantitative estimate of drug-likeness (QED) is 0.749. The summed E-state index contributed by atoms with van der Waals surface area (Å²) in [7, 11) is 2.18. The average Bonchev–Trinajstić information content (AvgIpc) is 2.97. The first-order chi connectivity index (χ1) is 14.7. The second-order valence-corrected chi connectivity index (χ2v) is 8.43. The molecule has 2 heterocycles. The molecule has 0 unspecified atom stereocenters. The van der Waals surface area contributed by atoms with Gasteiger partial charge in [-0.1, -0.05) is 43.3 Å². The van der Waals surface area contributed by atoms with Gasteiger partial charge in [-0.05, 0) is 55.1 Å². The molecule has 2 aliphatic heterocycles. The van der Waals surface area contributed by atoms with E-state index in [0.29, 0.717) is 6.61 Å². The lowest BCUT2D eigenvalue weighted by Crippen LogP contribution is -2.44. The van der Waals surface area contributed by atoms with Gasteiger partial charge in [0, 0.05) is 38.4 Å². The number of carbonyl (C=O) groups excluding carboxylic acids is 1. The number of carbonyl (C=O) groups is 1. The maximum atomic E-state index is 13.0. The molecular weight excluding hydrogens is 374 g/mol. The third-order valence-electron chi connectivity index (χ3n) is 6.40. The number of anilines is 1. The number of aryl methyl sites for hydroxylation is 1. The highest BCUT2D eigenvalue weighted by Crippen LogP contribution is 2.34. The van der Waals surface area contributed by atoms with Crippen molar-refractivity contribution in [3.05, 3.63) is 65.2 Å². The number of amides is 1. The summed E-state index contributed by atoms with van der Waals surface area (Å²) in [5.41, 5.74) is 4.97. The molecule has 0 aliphatic carbocycles. The van der Waals surface area contributed by atoms with Crippen LogP contribution in [-0.4, -0.2) is 55.7 Å². The first-order valence-corrected chi connectivity index (χ1v) is 11.2. The van der Waals surface area contributed by atoms with Gasteiger partial charge in [0.15, 0.2) is 0 Å². The van der Waals surface area contributed by atoms with E-state index in [2.05, 4.69) is 42.0 Å². The molecule has 1 saturated heterocycles. The molecule has 0 spiro atoms. The predicted octanol–water partition coefficient (Wildman–Crippen LogP) is 4.47. The Labute approximate surface area is 180 Å². The highest BCUT2D eigenvalue weighted by atomic mass is 16.6. The number of nitrogens with zero attached hydrogens (tertiary/aromatic N) is 3. The number of fused-ring (bicyclic) bond motifs is 1. The molecule has 160 valence electrons. The topological polar surface area (TPSA) is 36.0 Å². The van der Waals surface area contributed by atoms with Crippen LogP contribution in [0.3, 0.4) is 0 Å². The van der Waals surface area contributed by atoms with Gasteiger partial charge in [-0.3, -0.25) is 0 Å². The van der Waals surface area contributed by atoms with Crippen molar-refractivity contribution in [2.45, 2.75) is 38.8 Å². The molecule has 0 radical (unpaired) electrons. The van der Waals surface area contributed by atoms with Crippen LogP contribution in [0.1, 0.15) is 42.5 Å². The summed E-state index contributed by atoms with van der Waals surface area (Å²) in [5, 5.41) is 0. The molecule has 1 atom stereocenters. The van der Waals surface area contributed by atoms with Crippen molar-refractivity contribution in [1.82, 2.24) is 9.80 Å². The number of piperazine rings is 1. The van der Waals surface area contributed by atoms with Crippen LogP contribution < -0.4 is 4.90 Å². The van der Waals surface area contributed by atoms with Crippen molar-refractivity contribution in [1.29, 1.82) is 0 Å². The molecule has 0 aromatic heterocycles. The largest absolute Gasteiger partial charge is 0.445 e. The minimum atomic E-state index is -0.205. The molecule has 2 aromatic rings. The van der Waals surface area contributed by atoms with E-state index in [1.54, 1.807) is 0 Å². The van der Waals surface area contributed by atoms with Crippen LogP contribution >= 0.6 is 0 Å². The van der Waals surface area contributed by atoms with E-state index >= 15 is 0 Å². The van der Waals surface area contributed by atoms with Gasteiger partial charge in [-0.15, -0.1) is 0 Å². The molecule has 0 N–H and O–H groups in total. The van der Waals surface area contributed by atoms with Crippen LogP contribution in [0.4, 0.5) is 10.5 Å². The Balaban J connectivity index is 1.52. The second-order valence-electron chi connectivity index (χ2n) is 8.43. The standard InChI is InChI=1S/C25H33N3O2/c1-3-24-23-18-22(27-16-14-26(2)15-17-27)12-11-21(23)10-7-13-28(24)25(29)30-19-20-8-5-4-6-9-20/h4-6,8-9,11-12,18,24H,3,7,10,13-17,19H2,1-2H3/t24-/m0/s1. The molecule has 5 nitrogen and oxygen atoms in total. The lowest BCUT2D eigenvalue weighted by Gasteiger charge is -2.35. The van der Waals surface area contributed by atoms with Crippen LogP contribution in [0.25, 0.3) is 0 Å². The van der Waals surface area contributed by atoms with E-state index in [4.69, 9.17) is 4.74 Å². The number of rotatable bonds is 4. The Morgan fingerprint density at radius 3 is 2.53 bits per heavy atom. The molecule has 5 heteroatoms. The van der Waals surface area contributed by atoms with Gasteiger partial charge in [-0.2, -0.15) is 0 Å². The molecule has 4 rings (SSSR count). The monoisotopic (exact) mass is 407 g/mol. The lowest BCUT2D eigenvalue weighted by molar-refractivity contribution is 0.0799. The van der Waals surface area contributed by atoms with E-state index in [1.807, 2.05) is 35.2 Å². The fourth-order valence-electron chi connectivity index (χ4n) is 4.61. The third kappa shape index (κ3) is 4.62. The van der Waals surface area contributed by atoms with E-state index in [9.17, 15) is 4.79 Å². The van der Waals surface area contributed by atoms with Crippen LogP contribution in [-0.2, 0) is 17.8 Å². The summed E-state index contributed by atoms with van der Waals surface area (Å²) >= 11 is 0. The molecule has 1 fully saturated rings. The Hall–Kier alpha value is -2.53. The summed E-state index contributed by atoms with van der Waals surface area (Å²) in [5.74, 6) is 0. The molecule has 0 saturated carbocycles. The molecule has 30 heavy (non-hydrogen) atoms. The minimum absolute atomic E-state index is 0.0678. The second kappa shape index (κ2) is 9.52. The lowest BCUT2D eigenvalue weighted by atomic mass is 9.95. The zero-order valence-corrected chi connectivity index (χ0v) is 18.2. The van der Waals surface area contributed by atoms with Crippen LogP contribution in [0.15, 0.2) is 48.5 Å². The van der Waals surface area contributed by atoms with Crippen molar-refractivity contribution < 1.29 is 9.53 Å². The Morgan fingerprint density at radius 1 is 1.03 bits per heavy atom. The maximum absolute atomic E-state index is 13.0. The zero-order valence-electron chi connectivity index (χ0n) is 18.2. The summed E-state index contributed by atoms with van der Waals surface area (Å²) in [6.07, 6.45) is 2.66. The number of hydrogen-bond acceptors (Lipinski definition) is 4. The van der Waals surface area contributed by atoms with Gasteiger partial charge in [0.05, 0.1) is 6.04 Å². The van der Waals surface area contributed by atoms with Gasteiger partial charge in [0.1, 0.15) is 6.61 Å². The number of likely N-dealkylation sites (N-methyl/N-ethyl adjacent to an activating group) is 1. The first-order valence-electron chi connectivity index (χ1n) is 11.2. The minimum Gasteiger partial charge on any atom is -0.445 e. The SMILES string of the molecule is CC[C@H]1c2cc(N3CCN(C)CC3)ccc2CCCN1C(=O)OCc1ccccc1. The smallest absolute Gasteiger partial charge is 0.410 e. The fourth-order valence-corrected chi connectivity index (χ4v) is 4.61. The van der Waals surface area contributed by atoms with E-state index in [1.165, 1.54) is 16.8 Å². The highest BCUT2D eigenvalue weighted by molar-refractivity contribution is 5.69. The van der Waals surface area contributed by atoms with Crippen LogP contribution in [0, 0.1) is 0 Å². The van der Waals surface area contributed by atoms with Crippen molar-refractivity contribution in [3.8, 4) is 0 Å². The van der Waals surface area contributed by atoms with Crippen molar-refractivity contribution in [2.24, 2.45) is 0 Å². The third-order valence-corrected chi connectivity index (χ3v) is 6.40. The summed E-state index contributed by atoms with van der Waals surface area (Å²) in [4.78, 5) is 19.8. The summed E-state index contributed by atoms with van der Waals surface area (Å²) in [6.45, 7) is 7.51. The predicted molar refractivity (Wildman–Crippen MR) is 121 cm³/mol. The highest BCUT2D eigenvalue weighted by Gasteiger charge is 2.30. The van der Waals surface area contributed by atoms with E-state index in [-0.39, 0.29) is 12.1 Å². The molecule has 2 aromatic carbocycles. The van der Waals surface area contributed by atoms with E-state index in [0.717, 1.165) is 57.5 Å². The van der Waals surface area contributed by atoms with Gasteiger partial charge >= 0.3 is 6.09 Å². The molecular formula is C25H33N3O2. The number of hydrogen-bond donors (Lipinski definition) is 0. The van der Waals surface area contributed by atoms with Crippen LogP contribution in [0.2, 0.25) is 0 Å². The fraction of sp³-hybridized carbons (Fsp3) is 0.480. The Bertz CT molecular complexity index is 847.